The smallest absolute Gasteiger partial charge is 0.264 e. The predicted molar refractivity (Wildman–Crippen MR) is 103 cm³/mol. The second-order valence-corrected chi connectivity index (χ2v) is 7.92. The minimum absolute atomic E-state index is 0.149. The zero-order valence-electron chi connectivity index (χ0n) is 15.1. The van der Waals surface area contributed by atoms with Crippen LogP contribution in [0.15, 0.2) is 57.9 Å². The summed E-state index contributed by atoms with van der Waals surface area (Å²) in [7, 11) is -3.81. The molecule has 2 aromatic carbocycles. The number of nitrogens with one attached hydrogen (secondary N) is 1. The molecule has 0 saturated heterocycles. The molecule has 0 aliphatic carbocycles. The lowest BCUT2D eigenvalue weighted by Crippen LogP contribution is -2.14. The molecule has 0 unspecified atom stereocenters. The van der Waals surface area contributed by atoms with E-state index >= 15 is 0 Å². The molecule has 0 aliphatic rings. The van der Waals surface area contributed by atoms with Crippen LogP contribution < -0.4 is 4.72 Å². The number of benzene rings is 2. The molecule has 0 spiro atoms. The van der Waals surface area contributed by atoms with Gasteiger partial charge in [-0.2, -0.15) is 0 Å². The average Bonchev–Trinajstić information content (AvgIpc) is 2.94. The molecule has 1 heterocycles. The van der Waals surface area contributed by atoms with Crippen molar-refractivity contribution in [2.45, 2.75) is 38.5 Å². The number of nitrogens with zero attached hydrogens (tertiary/aromatic N) is 1. The van der Waals surface area contributed by atoms with E-state index in [2.05, 4.69) is 16.8 Å². The summed E-state index contributed by atoms with van der Waals surface area (Å²) in [6, 6.07) is 14.9. The molecule has 0 saturated carbocycles. The highest BCUT2D eigenvalue weighted by molar-refractivity contribution is 7.92. The van der Waals surface area contributed by atoms with E-state index in [0.29, 0.717) is 16.8 Å². The Morgan fingerprint density at radius 1 is 1.04 bits per heavy atom. The quantitative estimate of drug-likeness (QED) is 0.682. The Kier molecular flexibility index (Phi) is 5.13. The number of aromatic nitrogens is 1. The second-order valence-electron chi connectivity index (χ2n) is 6.27. The molecular formula is C20H22N2O3S. The lowest BCUT2D eigenvalue weighted by atomic mass is 10.0. The van der Waals surface area contributed by atoms with Gasteiger partial charge in [-0.1, -0.05) is 61.0 Å². The lowest BCUT2D eigenvalue weighted by molar-refractivity contribution is 0.430. The minimum atomic E-state index is -3.81. The SMILES string of the molecule is CCCc1ccc(-c2ccccc2S(=O)(=O)Nc2onc(C)c2C)cc1. The topological polar surface area (TPSA) is 72.2 Å². The monoisotopic (exact) mass is 370 g/mol. The molecule has 3 aromatic rings. The molecule has 136 valence electrons. The van der Waals surface area contributed by atoms with Crippen molar-refractivity contribution in [3.8, 4) is 11.1 Å². The molecule has 6 heteroatoms. The Morgan fingerprint density at radius 2 is 1.73 bits per heavy atom. The van der Waals surface area contributed by atoms with Crippen molar-refractivity contribution in [3.63, 3.8) is 0 Å². The van der Waals surface area contributed by atoms with E-state index < -0.39 is 10.0 Å². The maximum atomic E-state index is 12.9. The maximum Gasteiger partial charge on any atom is 0.264 e. The third kappa shape index (κ3) is 3.65. The molecule has 0 atom stereocenters. The molecule has 1 aromatic heterocycles. The predicted octanol–water partition coefficient (Wildman–Crippen LogP) is 4.71. The molecule has 5 nitrogen and oxygen atoms in total. The zero-order chi connectivity index (χ0) is 18.7. The number of hydrogen-bond donors (Lipinski definition) is 1. The first-order valence-corrected chi connectivity index (χ1v) is 10.0. The maximum absolute atomic E-state index is 12.9. The van der Waals surface area contributed by atoms with Gasteiger partial charge in [-0.05, 0) is 37.5 Å². The second kappa shape index (κ2) is 7.33. The Hall–Kier alpha value is -2.60. The Morgan fingerprint density at radius 3 is 2.35 bits per heavy atom. The van der Waals surface area contributed by atoms with Crippen LogP contribution >= 0.6 is 0 Å². The number of aryl methyl sites for hydroxylation is 2. The fourth-order valence-electron chi connectivity index (χ4n) is 2.77. The Labute approximate surface area is 154 Å². The highest BCUT2D eigenvalue weighted by Crippen LogP contribution is 2.30. The fourth-order valence-corrected chi connectivity index (χ4v) is 4.04. The summed E-state index contributed by atoms with van der Waals surface area (Å²) in [5.41, 5.74) is 4.08. The highest BCUT2D eigenvalue weighted by Gasteiger charge is 2.22. The summed E-state index contributed by atoms with van der Waals surface area (Å²) < 4.78 is 33.5. The minimum Gasteiger partial charge on any atom is -0.337 e. The van der Waals surface area contributed by atoms with Gasteiger partial charge in [-0.25, -0.2) is 13.1 Å². The van der Waals surface area contributed by atoms with Crippen molar-refractivity contribution in [1.29, 1.82) is 0 Å². The Bertz CT molecular complexity index is 1010. The van der Waals surface area contributed by atoms with Gasteiger partial charge in [-0.3, -0.25) is 0 Å². The summed E-state index contributed by atoms with van der Waals surface area (Å²) in [4.78, 5) is 0.205. The average molecular weight is 370 g/mol. The van der Waals surface area contributed by atoms with Gasteiger partial charge in [0, 0.05) is 11.1 Å². The molecule has 0 fully saturated rings. The number of hydrogen-bond acceptors (Lipinski definition) is 4. The van der Waals surface area contributed by atoms with Crippen LogP contribution in [0.5, 0.6) is 0 Å². The molecule has 0 amide bonds. The molecule has 26 heavy (non-hydrogen) atoms. The van der Waals surface area contributed by atoms with Crippen molar-refractivity contribution >= 4 is 15.9 Å². The van der Waals surface area contributed by atoms with Crippen LogP contribution in [0.3, 0.4) is 0 Å². The number of anilines is 1. The van der Waals surface area contributed by atoms with Crippen molar-refractivity contribution in [2.75, 3.05) is 4.72 Å². The number of rotatable bonds is 6. The molecule has 1 N–H and O–H groups in total. The van der Waals surface area contributed by atoms with Crippen LogP contribution in [-0.4, -0.2) is 13.6 Å². The van der Waals surface area contributed by atoms with E-state index in [1.807, 2.05) is 36.4 Å². The summed E-state index contributed by atoms with van der Waals surface area (Å²) >= 11 is 0. The Balaban J connectivity index is 1.99. The largest absolute Gasteiger partial charge is 0.337 e. The van der Waals surface area contributed by atoms with Crippen LogP contribution in [-0.2, 0) is 16.4 Å². The van der Waals surface area contributed by atoms with E-state index in [1.54, 1.807) is 26.0 Å². The summed E-state index contributed by atoms with van der Waals surface area (Å²) in [5.74, 6) is 0.149. The summed E-state index contributed by atoms with van der Waals surface area (Å²) in [5, 5.41) is 3.80. The summed E-state index contributed by atoms with van der Waals surface area (Å²) in [6.07, 6.45) is 2.08. The van der Waals surface area contributed by atoms with E-state index in [-0.39, 0.29) is 10.8 Å². The third-order valence-electron chi connectivity index (χ3n) is 4.36. The molecule has 0 radical (unpaired) electrons. The first-order valence-electron chi connectivity index (χ1n) is 8.56. The van der Waals surface area contributed by atoms with E-state index in [9.17, 15) is 8.42 Å². The van der Waals surface area contributed by atoms with Crippen LogP contribution in [0, 0.1) is 13.8 Å². The van der Waals surface area contributed by atoms with Crippen LogP contribution in [0.4, 0.5) is 5.88 Å². The molecular weight excluding hydrogens is 348 g/mol. The van der Waals surface area contributed by atoms with Crippen LogP contribution in [0.1, 0.15) is 30.2 Å². The van der Waals surface area contributed by atoms with Gasteiger partial charge in [0.15, 0.2) is 0 Å². The standard InChI is InChI=1S/C20H22N2O3S/c1-4-7-16-10-12-17(13-11-16)18-8-5-6-9-19(18)26(23,24)22-20-14(2)15(3)21-25-20/h5-6,8-13,22H,4,7H2,1-3H3. The zero-order valence-corrected chi connectivity index (χ0v) is 15.9. The van der Waals surface area contributed by atoms with Crippen molar-refractivity contribution in [2.24, 2.45) is 0 Å². The first-order chi connectivity index (χ1) is 12.4. The van der Waals surface area contributed by atoms with E-state index in [4.69, 9.17) is 4.52 Å². The molecule has 0 aliphatic heterocycles. The van der Waals surface area contributed by atoms with Gasteiger partial charge in [0.2, 0.25) is 5.88 Å². The highest BCUT2D eigenvalue weighted by atomic mass is 32.2. The van der Waals surface area contributed by atoms with Gasteiger partial charge in [0.25, 0.3) is 10.0 Å². The number of sulfonamides is 1. The van der Waals surface area contributed by atoms with Gasteiger partial charge in [0.1, 0.15) is 0 Å². The van der Waals surface area contributed by atoms with Crippen LogP contribution in [0.25, 0.3) is 11.1 Å². The van der Waals surface area contributed by atoms with Gasteiger partial charge in [0.05, 0.1) is 10.6 Å². The molecule has 3 rings (SSSR count). The van der Waals surface area contributed by atoms with Gasteiger partial charge < -0.3 is 4.52 Å². The fraction of sp³-hybridized carbons (Fsp3) is 0.250. The van der Waals surface area contributed by atoms with Crippen molar-refractivity contribution < 1.29 is 12.9 Å². The van der Waals surface area contributed by atoms with Crippen molar-refractivity contribution in [3.05, 3.63) is 65.4 Å². The normalized spacial score (nSPS) is 11.5. The van der Waals surface area contributed by atoms with Crippen LogP contribution in [0.2, 0.25) is 0 Å². The summed E-state index contributed by atoms with van der Waals surface area (Å²) in [6.45, 7) is 5.67. The van der Waals surface area contributed by atoms with Gasteiger partial charge in [-0.15, -0.1) is 0 Å². The molecule has 0 bridgehead atoms. The van der Waals surface area contributed by atoms with E-state index in [0.717, 1.165) is 18.4 Å². The van der Waals surface area contributed by atoms with Crippen molar-refractivity contribution in [1.82, 2.24) is 5.16 Å². The van der Waals surface area contributed by atoms with Gasteiger partial charge >= 0.3 is 0 Å². The van der Waals surface area contributed by atoms with E-state index in [1.165, 1.54) is 5.56 Å². The third-order valence-corrected chi connectivity index (χ3v) is 5.75. The lowest BCUT2D eigenvalue weighted by Gasteiger charge is -2.12. The first kappa shape index (κ1) is 18.2.